The zero-order chi connectivity index (χ0) is 7.98. The standard InChI is InChI=1S/C6H11NO.C2H6/c1-6(8)7-4-2-3-5-7;1-2/h2-5H2,1H3;1-2H3. The molecule has 1 fully saturated rings. The van der Waals surface area contributed by atoms with Crippen molar-refractivity contribution < 1.29 is 4.79 Å². The molecule has 0 radical (unpaired) electrons. The third-order valence-corrected chi connectivity index (χ3v) is 1.55. The summed E-state index contributed by atoms with van der Waals surface area (Å²) in [5.41, 5.74) is 0. The Morgan fingerprint density at radius 1 is 1.20 bits per heavy atom. The number of hydrogen-bond donors (Lipinski definition) is 0. The Morgan fingerprint density at radius 3 is 1.80 bits per heavy atom. The summed E-state index contributed by atoms with van der Waals surface area (Å²) in [5.74, 6) is 0.225. The lowest BCUT2D eigenvalue weighted by Crippen LogP contribution is -2.24. The summed E-state index contributed by atoms with van der Waals surface area (Å²) >= 11 is 0. The van der Waals surface area contributed by atoms with Gasteiger partial charge in [0.05, 0.1) is 0 Å². The minimum absolute atomic E-state index is 0.225. The summed E-state index contributed by atoms with van der Waals surface area (Å²) in [6.07, 6.45) is 2.39. The van der Waals surface area contributed by atoms with Crippen LogP contribution in [0.15, 0.2) is 0 Å². The summed E-state index contributed by atoms with van der Waals surface area (Å²) in [6.45, 7) is 7.59. The maximum atomic E-state index is 10.6. The van der Waals surface area contributed by atoms with Crippen LogP contribution in [0.25, 0.3) is 0 Å². The van der Waals surface area contributed by atoms with Gasteiger partial charge in [-0.1, -0.05) is 13.8 Å². The first-order valence-electron chi connectivity index (χ1n) is 4.06. The average molecular weight is 143 g/mol. The number of amides is 1. The Kier molecular flexibility index (Phi) is 4.99. The van der Waals surface area contributed by atoms with Gasteiger partial charge in [-0.2, -0.15) is 0 Å². The number of carbonyl (C=O) groups is 1. The first-order valence-corrected chi connectivity index (χ1v) is 4.06. The predicted octanol–water partition coefficient (Wildman–Crippen LogP) is 1.65. The molecule has 0 N–H and O–H groups in total. The summed E-state index contributed by atoms with van der Waals surface area (Å²) in [5, 5.41) is 0. The van der Waals surface area contributed by atoms with Crippen LogP contribution in [-0.4, -0.2) is 23.9 Å². The predicted molar refractivity (Wildman–Crippen MR) is 42.8 cm³/mol. The van der Waals surface area contributed by atoms with Crippen molar-refractivity contribution in [2.24, 2.45) is 0 Å². The molecule has 2 nitrogen and oxygen atoms in total. The van der Waals surface area contributed by atoms with Gasteiger partial charge in [0.15, 0.2) is 0 Å². The van der Waals surface area contributed by atoms with Gasteiger partial charge in [-0.3, -0.25) is 4.79 Å². The van der Waals surface area contributed by atoms with Crippen molar-refractivity contribution in [3.05, 3.63) is 0 Å². The van der Waals surface area contributed by atoms with Gasteiger partial charge in [0.25, 0.3) is 0 Å². The van der Waals surface area contributed by atoms with Gasteiger partial charge in [0, 0.05) is 20.0 Å². The van der Waals surface area contributed by atoms with E-state index in [1.165, 1.54) is 12.8 Å². The van der Waals surface area contributed by atoms with E-state index in [9.17, 15) is 4.79 Å². The van der Waals surface area contributed by atoms with E-state index in [-0.39, 0.29) is 5.91 Å². The Bertz CT molecular complexity index is 95.4. The van der Waals surface area contributed by atoms with Crippen molar-refractivity contribution in [3.63, 3.8) is 0 Å². The third kappa shape index (κ3) is 2.85. The first kappa shape index (κ1) is 9.47. The largest absolute Gasteiger partial charge is 0.343 e. The van der Waals surface area contributed by atoms with Gasteiger partial charge in [-0.15, -0.1) is 0 Å². The van der Waals surface area contributed by atoms with Gasteiger partial charge in [-0.25, -0.2) is 0 Å². The molecule has 1 rings (SSSR count). The van der Waals surface area contributed by atoms with Crippen LogP contribution in [0.5, 0.6) is 0 Å². The van der Waals surface area contributed by atoms with Crippen LogP contribution in [0.2, 0.25) is 0 Å². The molecule has 1 saturated heterocycles. The summed E-state index contributed by atoms with van der Waals surface area (Å²) in [6, 6.07) is 0. The number of hydrogen-bond acceptors (Lipinski definition) is 1. The second-order valence-electron chi connectivity index (χ2n) is 2.21. The van der Waals surface area contributed by atoms with Crippen LogP contribution in [-0.2, 0) is 4.79 Å². The maximum Gasteiger partial charge on any atom is 0.219 e. The van der Waals surface area contributed by atoms with E-state index in [1.54, 1.807) is 6.92 Å². The van der Waals surface area contributed by atoms with Gasteiger partial charge in [0.2, 0.25) is 5.91 Å². The van der Waals surface area contributed by atoms with Gasteiger partial charge in [-0.05, 0) is 12.8 Å². The van der Waals surface area contributed by atoms with Crippen LogP contribution >= 0.6 is 0 Å². The highest BCUT2D eigenvalue weighted by Gasteiger charge is 2.12. The Labute approximate surface area is 63.2 Å². The van der Waals surface area contributed by atoms with E-state index in [2.05, 4.69) is 0 Å². The average Bonchev–Trinajstić information content (AvgIpc) is 2.42. The van der Waals surface area contributed by atoms with Crippen molar-refractivity contribution in [1.82, 2.24) is 4.90 Å². The third-order valence-electron chi connectivity index (χ3n) is 1.55. The molecular formula is C8H17NO. The fourth-order valence-electron chi connectivity index (χ4n) is 1.03. The Morgan fingerprint density at radius 2 is 1.60 bits per heavy atom. The summed E-state index contributed by atoms with van der Waals surface area (Å²) < 4.78 is 0. The molecule has 0 aromatic heterocycles. The Balaban J connectivity index is 0.000000371. The van der Waals surface area contributed by atoms with E-state index in [0.717, 1.165) is 13.1 Å². The van der Waals surface area contributed by atoms with Gasteiger partial charge < -0.3 is 4.90 Å². The zero-order valence-corrected chi connectivity index (χ0v) is 7.18. The SMILES string of the molecule is CC.CC(=O)N1CCCC1. The van der Waals surface area contributed by atoms with Crippen molar-refractivity contribution in [1.29, 1.82) is 0 Å². The topological polar surface area (TPSA) is 20.3 Å². The second-order valence-corrected chi connectivity index (χ2v) is 2.21. The molecule has 0 aromatic carbocycles. The normalized spacial score (nSPS) is 16.1. The molecule has 0 unspecified atom stereocenters. The lowest BCUT2D eigenvalue weighted by Gasteiger charge is -2.10. The van der Waals surface area contributed by atoms with Crippen molar-refractivity contribution in [3.8, 4) is 0 Å². The second kappa shape index (κ2) is 5.27. The molecule has 60 valence electrons. The summed E-state index contributed by atoms with van der Waals surface area (Å²) in [7, 11) is 0. The van der Waals surface area contributed by atoms with Crippen LogP contribution in [0.4, 0.5) is 0 Å². The van der Waals surface area contributed by atoms with E-state index in [0.29, 0.717) is 0 Å². The molecule has 0 spiro atoms. The molecule has 0 saturated carbocycles. The molecule has 1 aliphatic rings. The molecule has 1 aliphatic heterocycles. The molecule has 10 heavy (non-hydrogen) atoms. The zero-order valence-electron chi connectivity index (χ0n) is 7.18. The number of likely N-dealkylation sites (tertiary alicyclic amines) is 1. The molecule has 0 aromatic rings. The van der Waals surface area contributed by atoms with Crippen molar-refractivity contribution >= 4 is 5.91 Å². The van der Waals surface area contributed by atoms with E-state index >= 15 is 0 Å². The Hall–Kier alpha value is -0.530. The fourth-order valence-corrected chi connectivity index (χ4v) is 1.03. The molecule has 1 amide bonds. The summed E-state index contributed by atoms with van der Waals surface area (Å²) in [4.78, 5) is 12.5. The maximum absolute atomic E-state index is 10.6. The quantitative estimate of drug-likeness (QED) is 0.505. The number of nitrogens with zero attached hydrogens (tertiary/aromatic N) is 1. The lowest BCUT2D eigenvalue weighted by atomic mass is 10.4. The van der Waals surface area contributed by atoms with Crippen LogP contribution in [0, 0.1) is 0 Å². The lowest BCUT2D eigenvalue weighted by molar-refractivity contribution is -0.127. The molecule has 0 aliphatic carbocycles. The monoisotopic (exact) mass is 143 g/mol. The van der Waals surface area contributed by atoms with Crippen LogP contribution < -0.4 is 0 Å². The van der Waals surface area contributed by atoms with E-state index in [4.69, 9.17) is 0 Å². The molecule has 2 heteroatoms. The highest BCUT2D eigenvalue weighted by molar-refractivity contribution is 5.73. The smallest absolute Gasteiger partial charge is 0.219 e. The first-order chi connectivity index (χ1) is 4.80. The minimum atomic E-state index is 0.225. The van der Waals surface area contributed by atoms with Crippen molar-refractivity contribution in [2.45, 2.75) is 33.6 Å². The molecular weight excluding hydrogens is 126 g/mol. The van der Waals surface area contributed by atoms with Crippen molar-refractivity contribution in [2.75, 3.05) is 13.1 Å². The number of carbonyl (C=O) groups excluding carboxylic acids is 1. The highest BCUT2D eigenvalue weighted by Crippen LogP contribution is 2.05. The number of rotatable bonds is 0. The molecule has 0 bridgehead atoms. The van der Waals surface area contributed by atoms with Crippen LogP contribution in [0.1, 0.15) is 33.6 Å². The van der Waals surface area contributed by atoms with Gasteiger partial charge in [0.1, 0.15) is 0 Å². The van der Waals surface area contributed by atoms with E-state index in [1.807, 2.05) is 18.7 Å². The molecule has 1 heterocycles. The molecule has 0 atom stereocenters. The fraction of sp³-hybridized carbons (Fsp3) is 0.875. The van der Waals surface area contributed by atoms with Crippen LogP contribution in [0.3, 0.4) is 0 Å². The van der Waals surface area contributed by atoms with Gasteiger partial charge >= 0.3 is 0 Å². The minimum Gasteiger partial charge on any atom is -0.343 e. The van der Waals surface area contributed by atoms with E-state index < -0.39 is 0 Å². The highest BCUT2D eigenvalue weighted by atomic mass is 16.2.